The monoisotopic (exact) mass is 464 g/mol. The topological polar surface area (TPSA) is 92.6 Å². The van der Waals surface area contributed by atoms with Crippen LogP contribution in [-0.2, 0) is 7.05 Å². The molecule has 1 saturated heterocycles. The van der Waals surface area contributed by atoms with Gasteiger partial charge in [-0.05, 0) is 39.7 Å². The standard InChI is InChI=1S/C20H28N6O3S2/c1-20(2,3)23-17(27)26(30)14-5-6-16(22-13-14)29-19(28)25-10-7-15(8-11-25)31-18-21-9-12-24(18)4/h5-6,9,12-13,15,30H,7-8,10-11H2,1-4H3,(H,23,27). The first-order valence-corrected chi connectivity index (χ1v) is 11.3. The van der Waals surface area contributed by atoms with Crippen LogP contribution in [0.2, 0.25) is 0 Å². The van der Waals surface area contributed by atoms with Gasteiger partial charge in [-0.15, -0.1) is 0 Å². The van der Waals surface area contributed by atoms with Crippen molar-refractivity contribution in [1.29, 1.82) is 0 Å². The lowest BCUT2D eigenvalue weighted by Crippen LogP contribution is -2.45. The van der Waals surface area contributed by atoms with E-state index in [-0.39, 0.29) is 17.5 Å². The van der Waals surface area contributed by atoms with Crippen molar-refractivity contribution in [3.8, 4) is 5.88 Å². The van der Waals surface area contributed by atoms with Crippen molar-refractivity contribution in [2.75, 3.05) is 17.4 Å². The van der Waals surface area contributed by atoms with Crippen molar-refractivity contribution in [3.05, 3.63) is 30.7 Å². The summed E-state index contributed by atoms with van der Waals surface area (Å²) in [7, 11) is 1.98. The smallest absolute Gasteiger partial charge is 0.391 e. The number of piperidine rings is 1. The SMILES string of the molecule is Cn1ccnc1SC1CCN(C(=O)Oc2ccc(N(S)C(=O)NC(C)(C)C)cn2)CC1. The molecule has 1 N–H and O–H groups in total. The number of nitrogens with zero attached hydrogens (tertiary/aromatic N) is 5. The van der Waals surface area contributed by atoms with Crippen molar-refractivity contribution in [2.24, 2.45) is 7.05 Å². The average molecular weight is 465 g/mol. The zero-order chi connectivity index (χ0) is 22.6. The molecule has 0 aromatic carbocycles. The summed E-state index contributed by atoms with van der Waals surface area (Å²) in [6, 6.07) is 2.80. The molecule has 11 heteroatoms. The number of amides is 3. The minimum atomic E-state index is -0.422. The highest BCUT2D eigenvalue weighted by molar-refractivity contribution is 7.99. The summed E-state index contributed by atoms with van der Waals surface area (Å²) in [5.41, 5.74) is 0.0848. The second-order valence-corrected chi connectivity index (χ2v) is 10.0. The molecule has 168 valence electrons. The summed E-state index contributed by atoms with van der Waals surface area (Å²) in [6.45, 7) is 6.89. The first kappa shape index (κ1) is 23.3. The first-order valence-electron chi connectivity index (χ1n) is 10.0. The third-order valence-electron chi connectivity index (χ3n) is 4.58. The number of ether oxygens (including phenoxy) is 1. The summed E-state index contributed by atoms with van der Waals surface area (Å²) in [5, 5.41) is 4.22. The summed E-state index contributed by atoms with van der Waals surface area (Å²) in [5.74, 6) is 0.177. The zero-order valence-electron chi connectivity index (χ0n) is 18.1. The van der Waals surface area contributed by atoms with Crippen molar-refractivity contribution in [2.45, 2.75) is 49.6 Å². The highest BCUT2D eigenvalue weighted by Gasteiger charge is 2.26. The fourth-order valence-electron chi connectivity index (χ4n) is 2.97. The van der Waals surface area contributed by atoms with E-state index in [0.29, 0.717) is 24.0 Å². The number of likely N-dealkylation sites (tertiary alicyclic amines) is 1. The number of carbonyl (C=O) groups excluding carboxylic acids is 2. The Morgan fingerprint density at radius 3 is 2.52 bits per heavy atom. The minimum absolute atomic E-state index is 0.177. The number of aromatic nitrogens is 3. The molecule has 1 aliphatic rings. The first-order chi connectivity index (χ1) is 14.6. The van der Waals surface area contributed by atoms with Crippen LogP contribution in [0.3, 0.4) is 0 Å². The van der Waals surface area contributed by atoms with Crippen LogP contribution in [0.5, 0.6) is 5.88 Å². The number of carbonyl (C=O) groups is 2. The number of nitrogens with one attached hydrogen (secondary N) is 1. The van der Waals surface area contributed by atoms with E-state index in [9.17, 15) is 9.59 Å². The third-order valence-corrected chi connectivity index (χ3v) is 6.40. The fourth-order valence-corrected chi connectivity index (χ4v) is 4.24. The molecular formula is C20H28N6O3S2. The van der Waals surface area contributed by atoms with Crippen LogP contribution >= 0.6 is 24.6 Å². The average Bonchev–Trinajstić information content (AvgIpc) is 3.11. The predicted molar refractivity (Wildman–Crippen MR) is 124 cm³/mol. The number of anilines is 1. The molecule has 31 heavy (non-hydrogen) atoms. The molecule has 3 heterocycles. The summed E-state index contributed by atoms with van der Waals surface area (Å²) >= 11 is 5.96. The van der Waals surface area contributed by atoms with Crippen molar-refractivity contribution >= 4 is 42.4 Å². The van der Waals surface area contributed by atoms with Gasteiger partial charge in [-0.3, -0.25) is 0 Å². The minimum Gasteiger partial charge on any atom is -0.391 e. The van der Waals surface area contributed by atoms with Gasteiger partial charge in [0.15, 0.2) is 5.16 Å². The van der Waals surface area contributed by atoms with Gasteiger partial charge in [0, 0.05) is 49.4 Å². The maximum atomic E-state index is 12.5. The molecule has 0 atom stereocenters. The van der Waals surface area contributed by atoms with Crippen LogP contribution < -0.4 is 14.4 Å². The Labute approximate surface area is 192 Å². The predicted octanol–water partition coefficient (Wildman–Crippen LogP) is 3.73. The van der Waals surface area contributed by atoms with Gasteiger partial charge in [0.25, 0.3) is 0 Å². The van der Waals surface area contributed by atoms with E-state index in [0.717, 1.165) is 22.3 Å². The van der Waals surface area contributed by atoms with Gasteiger partial charge in [0.2, 0.25) is 5.88 Å². The van der Waals surface area contributed by atoms with E-state index in [2.05, 4.69) is 28.1 Å². The highest BCUT2D eigenvalue weighted by Crippen LogP contribution is 2.29. The number of imidazole rings is 1. The maximum Gasteiger partial charge on any atom is 0.416 e. The summed E-state index contributed by atoms with van der Waals surface area (Å²) in [4.78, 5) is 34.8. The third kappa shape index (κ3) is 6.54. The second-order valence-electron chi connectivity index (χ2n) is 8.34. The zero-order valence-corrected chi connectivity index (χ0v) is 19.8. The van der Waals surface area contributed by atoms with Gasteiger partial charge in [0.05, 0.1) is 11.9 Å². The van der Waals surface area contributed by atoms with Gasteiger partial charge in [0.1, 0.15) is 0 Å². The number of pyridine rings is 1. The van der Waals surface area contributed by atoms with Crippen LogP contribution in [0.1, 0.15) is 33.6 Å². The van der Waals surface area contributed by atoms with E-state index in [1.807, 2.05) is 38.6 Å². The number of urea groups is 1. The van der Waals surface area contributed by atoms with Gasteiger partial charge in [-0.2, -0.15) is 0 Å². The lowest BCUT2D eigenvalue weighted by atomic mass is 10.1. The Kier molecular flexibility index (Phi) is 7.37. The van der Waals surface area contributed by atoms with E-state index in [4.69, 9.17) is 4.74 Å². The van der Waals surface area contributed by atoms with Crippen molar-refractivity contribution in [3.63, 3.8) is 0 Å². The lowest BCUT2D eigenvalue weighted by molar-refractivity contribution is 0.142. The molecule has 0 bridgehead atoms. The van der Waals surface area contributed by atoms with E-state index in [1.165, 1.54) is 6.20 Å². The van der Waals surface area contributed by atoms with Crippen LogP contribution in [0.4, 0.5) is 15.3 Å². The van der Waals surface area contributed by atoms with Gasteiger partial charge < -0.3 is 19.5 Å². The second kappa shape index (κ2) is 9.82. The van der Waals surface area contributed by atoms with Crippen LogP contribution in [0.15, 0.2) is 35.9 Å². The van der Waals surface area contributed by atoms with E-state index < -0.39 is 6.09 Å². The molecule has 2 aromatic heterocycles. The van der Waals surface area contributed by atoms with Crippen molar-refractivity contribution in [1.82, 2.24) is 24.8 Å². The Bertz CT molecular complexity index is 904. The van der Waals surface area contributed by atoms with Gasteiger partial charge >= 0.3 is 12.1 Å². The fraction of sp³-hybridized carbons (Fsp3) is 0.500. The van der Waals surface area contributed by atoms with Gasteiger partial charge in [-0.1, -0.05) is 24.6 Å². The molecule has 3 rings (SSSR count). The quantitative estimate of drug-likeness (QED) is 0.670. The molecule has 2 aromatic rings. The molecule has 1 fully saturated rings. The maximum absolute atomic E-state index is 12.5. The molecule has 9 nitrogen and oxygen atoms in total. The molecule has 0 saturated carbocycles. The van der Waals surface area contributed by atoms with Gasteiger partial charge in [-0.25, -0.2) is 23.9 Å². The molecule has 3 amide bonds. The normalized spacial score (nSPS) is 14.9. The van der Waals surface area contributed by atoms with E-state index in [1.54, 1.807) is 35.0 Å². The largest absolute Gasteiger partial charge is 0.416 e. The number of aryl methyl sites for hydroxylation is 1. The number of hydrogen-bond donors (Lipinski definition) is 2. The van der Waals surface area contributed by atoms with Crippen LogP contribution in [0, 0.1) is 0 Å². The number of hydrogen-bond acceptors (Lipinski definition) is 7. The number of thioether (sulfide) groups is 1. The number of thiol groups is 1. The number of rotatable bonds is 4. The van der Waals surface area contributed by atoms with Crippen molar-refractivity contribution < 1.29 is 14.3 Å². The lowest BCUT2D eigenvalue weighted by Gasteiger charge is -2.30. The Balaban J connectivity index is 1.48. The summed E-state index contributed by atoms with van der Waals surface area (Å²) < 4.78 is 8.56. The summed E-state index contributed by atoms with van der Waals surface area (Å²) in [6.07, 6.45) is 6.48. The molecule has 0 unspecified atom stereocenters. The Hall–Kier alpha value is -2.40. The highest BCUT2D eigenvalue weighted by atomic mass is 32.2. The Morgan fingerprint density at radius 2 is 1.97 bits per heavy atom. The molecule has 1 aliphatic heterocycles. The van der Waals surface area contributed by atoms with Crippen LogP contribution in [-0.4, -0.2) is 55.4 Å². The molecule has 0 spiro atoms. The molecular weight excluding hydrogens is 436 g/mol. The van der Waals surface area contributed by atoms with Crippen LogP contribution in [0.25, 0.3) is 0 Å². The van der Waals surface area contributed by atoms with E-state index >= 15 is 0 Å². The molecule has 0 radical (unpaired) electrons. The Morgan fingerprint density at radius 1 is 1.26 bits per heavy atom. The molecule has 0 aliphatic carbocycles.